The van der Waals surface area contributed by atoms with Gasteiger partial charge in [-0.2, -0.15) is 10.4 Å². The SMILES string of the molecule is Cc1nn(-c2ccc(C#N)c(Cl)c2)c(C)c1Cc1ccccc1C(=O)N1CCC(O)CC1. The summed E-state index contributed by atoms with van der Waals surface area (Å²) in [4.78, 5) is 15.0. The zero-order valence-electron chi connectivity index (χ0n) is 18.2. The molecule has 1 aliphatic heterocycles. The monoisotopic (exact) mass is 448 g/mol. The number of nitrogens with zero attached hydrogens (tertiary/aromatic N) is 4. The first-order valence-electron chi connectivity index (χ1n) is 10.7. The Morgan fingerprint density at radius 2 is 1.94 bits per heavy atom. The summed E-state index contributed by atoms with van der Waals surface area (Å²) in [7, 11) is 0. The van der Waals surface area contributed by atoms with Crippen molar-refractivity contribution in [1.82, 2.24) is 14.7 Å². The Morgan fingerprint density at radius 3 is 2.62 bits per heavy atom. The second kappa shape index (κ2) is 9.15. The normalized spacial score (nSPS) is 14.4. The molecule has 0 bridgehead atoms. The molecule has 1 aliphatic rings. The first-order valence-corrected chi connectivity index (χ1v) is 11.1. The fourth-order valence-corrected chi connectivity index (χ4v) is 4.44. The zero-order chi connectivity index (χ0) is 22.8. The molecule has 0 spiro atoms. The third-order valence-corrected chi connectivity index (χ3v) is 6.44. The van der Waals surface area contributed by atoms with Crippen molar-refractivity contribution in [2.75, 3.05) is 13.1 Å². The lowest BCUT2D eigenvalue weighted by Gasteiger charge is -2.30. The standard InChI is InChI=1S/C25H25ClN4O2/c1-16-23(17(2)30(28-16)20-8-7-19(15-27)24(26)14-20)13-18-5-3-4-6-22(18)25(32)29-11-9-21(31)10-12-29/h3-8,14,21,31H,9-13H2,1-2H3. The predicted molar refractivity (Wildman–Crippen MR) is 123 cm³/mol. The summed E-state index contributed by atoms with van der Waals surface area (Å²) in [5.41, 5.74) is 5.76. The molecule has 3 aromatic rings. The number of aliphatic hydroxyl groups is 1. The van der Waals surface area contributed by atoms with Crippen molar-refractivity contribution >= 4 is 17.5 Å². The van der Waals surface area contributed by atoms with Crippen molar-refractivity contribution < 1.29 is 9.90 Å². The largest absolute Gasteiger partial charge is 0.393 e. The topological polar surface area (TPSA) is 82.2 Å². The maximum Gasteiger partial charge on any atom is 0.254 e. The van der Waals surface area contributed by atoms with E-state index in [4.69, 9.17) is 22.0 Å². The Labute approximate surface area is 192 Å². The van der Waals surface area contributed by atoms with Gasteiger partial charge in [0.25, 0.3) is 5.91 Å². The van der Waals surface area contributed by atoms with E-state index in [1.807, 2.05) is 53.8 Å². The summed E-state index contributed by atoms with van der Waals surface area (Å²) in [6.07, 6.45) is 1.50. The van der Waals surface area contributed by atoms with Crippen LogP contribution >= 0.6 is 11.6 Å². The number of likely N-dealkylation sites (tertiary alicyclic amines) is 1. The van der Waals surface area contributed by atoms with Crippen LogP contribution in [-0.2, 0) is 6.42 Å². The highest BCUT2D eigenvalue weighted by atomic mass is 35.5. The number of amides is 1. The highest BCUT2D eigenvalue weighted by molar-refractivity contribution is 6.31. The Kier molecular flexibility index (Phi) is 6.31. The van der Waals surface area contributed by atoms with Crippen LogP contribution in [0.1, 0.15) is 51.3 Å². The fraction of sp³-hybridized carbons (Fsp3) is 0.320. The Morgan fingerprint density at radius 1 is 1.22 bits per heavy atom. The van der Waals surface area contributed by atoms with Crippen LogP contribution in [0.15, 0.2) is 42.5 Å². The Bertz CT molecular complexity index is 1200. The highest BCUT2D eigenvalue weighted by Gasteiger charge is 2.24. The van der Waals surface area contributed by atoms with Crippen molar-refractivity contribution in [3.8, 4) is 11.8 Å². The molecule has 1 amide bonds. The van der Waals surface area contributed by atoms with Gasteiger partial charge in [-0.05, 0) is 56.5 Å². The molecule has 4 rings (SSSR count). The Hall–Kier alpha value is -3.14. The lowest BCUT2D eigenvalue weighted by Crippen LogP contribution is -2.40. The molecule has 0 saturated carbocycles. The number of hydrogen-bond donors (Lipinski definition) is 1. The minimum atomic E-state index is -0.318. The third kappa shape index (κ3) is 4.27. The van der Waals surface area contributed by atoms with E-state index in [2.05, 4.69) is 6.07 Å². The van der Waals surface area contributed by atoms with Crippen LogP contribution in [0.25, 0.3) is 5.69 Å². The van der Waals surface area contributed by atoms with Crippen molar-refractivity contribution in [2.24, 2.45) is 0 Å². The Balaban J connectivity index is 1.64. The second-order valence-corrected chi connectivity index (χ2v) is 8.60. The van der Waals surface area contributed by atoms with E-state index in [-0.39, 0.29) is 12.0 Å². The van der Waals surface area contributed by atoms with Gasteiger partial charge in [0.1, 0.15) is 6.07 Å². The molecule has 2 heterocycles. The van der Waals surface area contributed by atoms with Crippen molar-refractivity contribution in [3.05, 3.63) is 81.1 Å². The fourth-order valence-electron chi connectivity index (χ4n) is 4.22. The van der Waals surface area contributed by atoms with Gasteiger partial charge in [-0.3, -0.25) is 4.79 Å². The molecule has 164 valence electrons. The van der Waals surface area contributed by atoms with Gasteiger partial charge in [-0.15, -0.1) is 0 Å². The predicted octanol–water partition coefficient (Wildman–Crippen LogP) is 4.20. The van der Waals surface area contributed by atoms with Gasteiger partial charge in [0, 0.05) is 36.3 Å². The van der Waals surface area contributed by atoms with E-state index in [1.165, 1.54) is 0 Å². The number of rotatable bonds is 4. The van der Waals surface area contributed by atoms with E-state index in [1.54, 1.807) is 12.1 Å². The highest BCUT2D eigenvalue weighted by Crippen LogP contribution is 2.26. The van der Waals surface area contributed by atoms with Crippen molar-refractivity contribution in [1.29, 1.82) is 5.26 Å². The lowest BCUT2D eigenvalue weighted by atomic mass is 9.97. The number of piperidine rings is 1. The van der Waals surface area contributed by atoms with Gasteiger partial charge < -0.3 is 10.0 Å². The number of halogens is 1. The molecule has 1 aromatic heterocycles. The summed E-state index contributed by atoms with van der Waals surface area (Å²) in [6.45, 7) is 5.10. The number of nitriles is 1. The molecule has 32 heavy (non-hydrogen) atoms. The van der Waals surface area contributed by atoms with Crippen molar-refractivity contribution in [2.45, 2.75) is 39.2 Å². The molecular formula is C25H25ClN4O2. The van der Waals surface area contributed by atoms with Crippen LogP contribution in [0.4, 0.5) is 0 Å². The number of hydrogen-bond acceptors (Lipinski definition) is 4. The van der Waals surface area contributed by atoms with Crippen LogP contribution in [0.5, 0.6) is 0 Å². The molecule has 1 saturated heterocycles. The van der Waals surface area contributed by atoms with E-state index < -0.39 is 0 Å². The number of aliphatic hydroxyl groups excluding tert-OH is 1. The molecule has 0 unspecified atom stereocenters. The maximum atomic E-state index is 13.2. The van der Waals surface area contributed by atoms with Crippen LogP contribution < -0.4 is 0 Å². The smallest absolute Gasteiger partial charge is 0.254 e. The summed E-state index contributed by atoms with van der Waals surface area (Å²) >= 11 is 6.23. The zero-order valence-corrected chi connectivity index (χ0v) is 18.9. The van der Waals surface area contributed by atoms with E-state index in [9.17, 15) is 9.90 Å². The van der Waals surface area contributed by atoms with Crippen LogP contribution in [-0.4, -0.2) is 44.9 Å². The van der Waals surface area contributed by atoms with E-state index >= 15 is 0 Å². The third-order valence-electron chi connectivity index (χ3n) is 6.13. The summed E-state index contributed by atoms with van der Waals surface area (Å²) < 4.78 is 1.83. The molecule has 7 heteroatoms. The quantitative estimate of drug-likeness (QED) is 0.648. The van der Waals surface area contributed by atoms with Crippen LogP contribution in [0.2, 0.25) is 5.02 Å². The molecule has 6 nitrogen and oxygen atoms in total. The molecule has 2 aromatic carbocycles. The molecule has 0 aliphatic carbocycles. The average Bonchev–Trinajstić information content (AvgIpc) is 3.08. The van der Waals surface area contributed by atoms with Crippen LogP contribution in [0.3, 0.4) is 0 Å². The number of aryl methyl sites for hydroxylation is 1. The molecular weight excluding hydrogens is 424 g/mol. The lowest BCUT2D eigenvalue weighted by molar-refractivity contribution is 0.0545. The maximum absolute atomic E-state index is 13.2. The average molecular weight is 449 g/mol. The molecule has 1 fully saturated rings. The second-order valence-electron chi connectivity index (χ2n) is 8.19. The van der Waals surface area contributed by atoms with Gasteiger partial charge in [0.15, 0.2) is 0 Å². The van der Waals surface area contributed by atoms with Gasteiger partial charge in [-0.25, -0.2) is 4.68 Å². The number of aromatic nitrogens is 2. The van der Waals surface area contributed by atoms with Gasteiger partial charge >= 0.3 is 0 Å². The minimum absolute atomic E-state index is 0.00840. The summed E-state index contributed by atoms with van der Waals surface area (Å²) in [5.74, 6) is 0.00840. The van der Waals surface area contributed by atoms with Crippen LogP contribution in [0, 0.1) is 25.2 Å². The molecule has 0 atom stereocenters. The van der Waals surface area contributed by atoms with E-state index in [0.29, 0.717) is 48.5 Å². The summed E-state index contributed by atoms with van der Waals surface area (Å²) in [5, 5.41) is 24.0. The first-order chi connectivity index (χ1) is 15.4. The molecule has 0 radical (unpaired) electrons. The van der Waals surface area contributed by atoms with Gasteiger partial charge in [0.05, 0.1) is 28.1 Å². The molecule has 1 N–H and O–H groups in total. The van der Waals surface area contributed by atoms with E-state index in [0.717, 1.165) is 28.2 Å². The number of carbonyl (C=O) groups excluding carboxylic acids is 1. The minimum Gasteiger partial charge on any atom is -0.393 e. The summed E-state index contributed by atoms with van der Waals surface area (Å²) in [6, 6.07) is 15.0. The number of carbonyl (C=O) groups is 1. The first kappa shape index (κ1) is 22.1. The van der Waals surface area contributed by atoms with Gasteiger partial charge in [-0.1, -0.05) is 29.8 Å². The van der Waals surface area contributed by atoms with Gasteiger partial charge in [0.2, 0.25) is 0 Å². The number of benzene rings is 2. The van der Waals surface area contributed by atoms with Crippen molar-refractivity contribution in [3.63, 3.8) is 0 Å².